The van der Waals surface area contributed by atoms with Gasteiger partial charge in [-0.15, -0.1) is 0 Å². The van der Waals surface area contributed by atoms with Crippen LogP contribution in [-0.2, 0) is 19.6 Å². The molecule has 3 heterocycles. The molecule has 1 aromatic heterocycles. The Kier molecular flexibility index (Phi) is 6.18. The summed E-state index contributed by atoms with van der Waals surface area (Å²) in [5, 5.41) is 1.73. The molecule has 2 aliphatic heterocycles. The van der Waals surface area contributed by atoms with Crippen LogP contribution >= 0.6 is 11.6 Å². The molecule has 2 aliphatic rings. The number of hydrogen-bond acceptors (Lipinski definition) is 5. The number of benzene rings is 1. The number of fused-ring (bicyclic) bond motifs is 1. The molecule has 4 rings (SSSR count). The molecule has 2 aromatic rings. The maximum Gasteiger partial charge on any atom is 0.245 e. The third kappa shape index (κ3) is 4.53. The van der Waals surface area contributed by atoms with Crippen molar-refractivity contribution in [2.24, 2.45) is 0 Å². The molecule has 0 saturated carbocycles. The molecule has 2 atom stereocenters. The minimum Gasteiger partial charge on any atom is -0.341 e. The number of hydrogen-bond donors (Lipinski definition) is 1. The van der Waals surface area contributed by atoms with Gasteiger partial charge in [0.05, 0.1) is 4.90 Å². The van der Waals surface area contributed by atoms with Crippen molar-refractivity contribution in [2.75, 3.05) is 19.6 Å². The van der Waals surface area contributed by atoms with Crippen molar-refractivity contribution in [1.82, 2.24) is 19.5 Å². The van der Waals surface area contributed by atoms with Gasteiger partial charge in [0, 0.05) is 31.2 Å². The lowest BCUT2D eigenvalue weighted by Crippen LogP contribution is -2.51. The van der Waals surface area contributed by atoms with E-state index < -0.39 is 22.1 Å². The molecule has 0 aliphatic carbocycles. The third-order valence-corrected chi connectivity index (χ3v) is 7.68. The van der Waals surface area contributed by atoms with E-state index in [-0.39, 0.29) is 16.7 Å². The molecule has 10 heteroatoms. The smallest absolute Gasteiger partial charge is 0.245 e. The summed E-state index contributed by atoms with van der Waals surface area (Å²) in [6.45, 7) is 3.48. The first-order valence-corrected chi connectivity index (χ1v) is 12.3. The second kappa shape index (κ2) is 8.72. The first-order valence-electron chi connectivity index (χ1n) is 10.4. The van der Waals surface area contributed by atoms with Crippen LogP contribution in [0.5, 0.6) is 0 Å². The first kappa shape index (κ1) is 22.0. The van der Waals surface area contributed by atoms with Crippen LogP contribution < -0.4 is 4.72 Å². The molecule has 0 unspecified atom stereocenters. The number of aromatic nitrogens is 1. The van der Waals surface area contributed by atoms with E-state index >= 15 is 0 Å². The zero-order valence-corrected chi connectivity index (χ0v) is 18.8. The molecule has 0 radical (unpaired) electrons. The summed E-state index contributed by atoms with van der Waals surface area (Å²) in [6, 6.07) is 4.79. The van der Waals surface area contributed by atoms with Crippen molar-refractivity contribution in [2.45, 2.75) is 49.6 Å². The summed E-state index contributed by atoms with van der Waals surface area (Å²) in [6.07, 6.45) is 4.89. The highest BCUT2D eigenvalue weighted by molar-refractivity contribution is 7.89. The van der Waals surface area contributed by atoms with Gasteiger partial charge in [0.25, 0.3) is 0 Å². The normalized spacial score (nSPS) is 21.0. The SMILES string of the molecule is C[C@H](C(=O)N1CCCCC1)N1CC[C@H](NS(=O)(=O)c2ccc3cc(Cl)ncc3c2)C1=O. The number of piperidine rings is 1. The van der Waals surface area contributed by atoms with Crippen LogP contribution in [-0.4, -0.2) is 66.7 Å². The van der Waals surface area contributed by atoms with Crippen LogP contribution in [0.3, 0.4) is 0 Å². The van der Waals surface area contributed by atoms with Gasteiger partial charge in [0.15, 0.2) is 0 Å². The van der Waals surface area contributed by atoms with Gasteiger partial charge in [-0.3, -0.25) is 9.59 Å². The Labute approximate surface area is 186 Å². The number of sulfonamides is 1. The average Bonchev–Trinajstić information content (AvgIpc) is 3.12. The predicted molar refractivity (Wildman–Crippen MR) is 117 cm³/mol. The van der Waals surface area contributed by atoms with Crippen LogP contribution in [0.25, 0.3) is 10.8 Å². The second-order valence-electron chi connectivity index (χ2n) is 8.07. The van der Waals surface area contributed by atoms with Crippen molar-refractivity contribution in [1.29, 1.82) is 0 Å². The number of nitrogens with one attached hydrogen (secondary N) is 1. The molecule has 2 saturated heterocycles. The molecule has 1 N–H and O–H groups in total. The number of amides is 2. The Morgan fingerprint density at radius 3 is 2.65 bits per heavy atom. The number of likely N-dealkylation sites (tertiary alicyclic amines) is 2. The van der Waals surface area contributed by atoms with Crippen molar-refractivity contribution in [3.05, 3.63) is 35.6 Å². The maximum atomic E-state index is 12.9. The minimum absolute atomic E-state index is 0.0489. The van der Waals surface area contributed by atoms with Crippen LogP contribution in [0.4, 0.5) is 0 Å². The number of carbonyl (C=O) groups excluding carboxylic acids is 2. The molecular weight excluding hydrogens is 440 g/mol. The summed E-state index contributed by atoms with van der Waals surface area (Å²) in [7, 11) is -3.92. The van der Waals surface area contributed by atoms with Crippen LogP contribution in [0.2, 0.25) is 5.15 Å². The molecular formula is C21H25ClN4O4S. The average molecular weight is 465 g/mol. The fourth-order valence-electron chi connectivity index (χ4n) is 4.22. The van der Waals surface area contributed by atoms with Gasteiger partial charge < -0.3 is 9.80 Å². The molecule has 8 nitrogen and oxygen atoms in total. The molecule has 2 fully saturated rings. The fraction of sp³-hybridized carbons (Fsp3) is 0.476. The van der Waals surface area contributed by atoms with Gasteiger partial charge >= 0.3 is 0 Å². The van der Waals surface area contributed by atoms with Crippen LogP contribution in [0, 0.1) is 0 Å². The molecule has 166 valence electrons. The minimum atomic E-state index is -3.92. The molecule has 0 spiro atoms. The predicted octanol–water partition coefficient (Wildman–Crippen LogP) is 2.17. The van der Waals surface area contributed by atoms with Crippen molar-refractivity contribution in [3.8, 4) is 0 Å². The third-order valence-electron chi connectivity index (χ3n) is 6.00. The van der Waals surface area contributed by atoms with Gasteiger partial charge in [-0.05, 0) is 56.2 Å². The standard InChI is InChI=1S/C21H25ClN4O4S/c1-14(20(27)25-8-3-2-4-9-25)26-10-7-18(21(26)28)24-31(29,30)17-6-5-15-12-19(22)23-13-16(15)11-17/h5-6,11-14,18,24H,2-4,7-10H2,1H3/t14-,18+/m1/s1. The van der Waals surface area contributed by atoms with E-state index in [1.807, 2.05) is 0 Å². The second-order valence-corrected chi connectivity index (χ2v) is 10.2. The van der Waals surface area contributed by atoms with Crippen LogP contribution in [0.1, 0.15) is 32.6 Å². The van der Waals surface area contributed by atoms with E-state index in [1.165, 1.54) is 23.2 Å². The van der Waals surface area contributed by atoms with E-state index in [0.717, 1.165) is 24.6 Å². The van der Waals surface area contributed by atoms with Crippen molar-refractivity contribution >= 4 is 44.2 Å². The van der Waals surface area contributed by atoms with Gasteiger partial charge in [-0.25, -0.2) is 13.4 Å². The molecule has 2 amide bonds. The van der Waals surface area contributed by atoms with E-state index in [9.17, 15) is 18.0 Å². The van der Waals surface area contributed by atoms with Gasteiger partial charge in [0.1, 0.15) is 17.2 Å². The molecule has 1 aromatic carbocycles. The fourth-order valence-corrected chi connectivity index (χ4v) is 5.65. The number of pyridine rings is 1. The summed E-state index contributed by atoms with van der Waals surface area (Å²) in [4.78, 5) is 33.0. The first-order chi connectivity index (χ1) is 14.8. The van der Waals surface area contributed by atoms with E-state index in [2.05, 4.69) is 9.71 Å². The Balaban J connectivity index is 1.46. The van der Waals surface area contributed by atoms with Gasteiger partial charge in [-0.2, -0.15) is 4.72 Å². The molecule has 0 bridgehead atoms. The summed E-state index contributed by atoms with van der Waals surface area (Å²) >= 11 is 5.88. The van der Waals surface area contributed by atoms with Crippen molar-refractivity contribution < 1.29 is 18.0 Å². The maximum absolute atomic E-state index is 12.9. The zero-order chi connectivity index (χ0) is 22.2. The van der Waals surface area contributed by atoms with Gasteiger partial charge in [0.2, 0.25) is 21.8 Å². The molecule has 31 heavy (non-hydrogen) atoms. The Hall–Kier alpha value is -2.23. The Morgan fingerprint density at radius 2 is 1.90 bits per heavy atom. The van der Waals surface area contributed by atoms with Gasteiger partial charge in [-0.1, -0.05) is 17.7 Å². The largest absolute Gasteiger partial charge is 0.341 e. The van der Waals surface area contributed by atoms with Crippen LogP contribution in [0.15, 0.2) is 35.4 Å². The van der Waals surface area contributed by atoms with E-state index in [1.54, 1.807) is 24.0 Å². The monoisotopic (exact) mass is 464 g/mol. The highest BCUT2D eigenvalue weighted by Gasteiger charge is 2.40. The lowest BCUT2D eigenvalue weighted by Gasteiger charge is -2.32. The Morgan fingerprint density at radius 1 is 1.16 bits per heavy atom. The number of rotatable bonds is 5. The van der Waals surface area contributed by atoms with Crippen molar-refractivity contribution in [3.63, 3.8) is 0 Å². The number of nitrogens with zero attached hydrogens (tertiary/aromatic N) is 3. The zero-order valence-electron chi connectivity index (χ0n) is 17.3. The topological polar surface area (TPSA) is 99.7 Å². The summed E-state index contributed by atoms with van der Waals surface area (Å²) in [5.41, 5.74) is 0. The lowest BCUT2D eigenvalue weighted by molar-refractivity contribution is -0.143. The summed E-state index contributed by atoms with van der Waals surface area (Å²) < 4.78 is 28.3. The van der Waals surface area contributed by atoms with E-state index in [0.29, 0.717) is 36.6 Å². The number of halogens is 1. The number of carbonyl (C=O) groups is 2. The quantitative estimate of drug-likeness (QED) is 0.683. The lowest BCUT2D eigenvalue weighted by atomic mass is 10.1. The Bertz CT molecular complexity index is 1120. The highest BCUT2D eigenvalue weighted by atomic mass is 35.5. The van der Waals surface area contributed by atoms with E-state index in [4.69, 9.17) is 11.6 Å². The summed E-state index contributed by atoms with van der Waals surface area (Å²) in [5.74, 6) is -0.437. The highest BCUT2D eigenvalue weighted by Crippen LogP contribution is 2.23.